The van der Waals surface area contributed by atoms with E-state index in [1.54, 1.807) is 7.11 Å². The van der Waals surface area contributed by atoms with Crippen molar-refractivity contribution in [3.63, 3.8) is 0 Å². The highest BCUT2D eigenvalue weighted by Crippen LogP contribution is 2.29. The lowest BCUT2D eigenvalue weighted by Crippen LogP contribution is -2.29. The van der Waals surface area contributed by atoms with Crippen LogP contribution in [0.1, 0.15) is 24.0 Å². The molecule has 1 aliphatic heterocycles. The quantitative estimate of drug-likeness (QED) is 0.839. The second kappa shape index (κ2) is 5.41. The van der Waals surface area contributed by atoms with Gasteiger partial charge in [0.1, 0.15) is 5.75 Å². The van der Waals surface area contributed by atoms with Gasteiger partial charge in [0.15, 0.2) is 0 Å². The molecule has 1 saturated heterocycles. The fourth-order valence-electron chi connectivity index (χ4n) is 2.47. The number of ether oxygens (including phenoxy) is 1. The lowest BCUT2D eigenvalue weighted by atomic mass is 10.1. The van der Waals surface area contributed by atoms with E-state index in [-0.39, 0.29) is 0 Å². The number of aryl methyl sites for hydroxylation is 2. The summed E-state index contributed by atoms with van der Waals surface area (Å²) in [5, 5.41) is 7.01. The Morgan fingerprint density at radius 1 is 1.41 bits per heavy atom. The van der Waals surface area contributed by atoms with Crippen LogP contribution in [0.5, 0.6) is 5.75 Å². The minimum Gasteiger partial charge on any atom is -0.495 e. The van der Waals surface area contributed by atoms with Crippen molar-refractivity contribution < 1.29 is 4.74 Å². The van der Waals surface area contributed by atoms with Crippen LogP contribution in [0, 0.1) is 13.8 Å². The number of benzene rings is 1. The number of anilines is 1. The van der Waals surface area contributed by atoms with Gasteiger partial charge in [-0.15, -0.1) is 0 Å². The van der Waals surface area contributed by atoms with Gasteiger partial charge in [0.2, 0.25) is 0 Å². The van der Waals surface area contributed by atoms with Crippen LogP contribution in [0.2, 0.25) is 0 Å². The molecule has 1 fully saturated rings. The highest BCUT2D eigenvalue weighted by molar-refractivity contribution is 5.63. The first-order valence-electron chi connectivity index (χ1n) is 6.33. The predicted octanol–water partition coefficient (Wildman–Crippen LogP) is 2.48. The fourth-order valence-corrected chi connectivity index (χ4v) is 2.47. The van der Waals surface area contributed by atoms with Crippen LogP contribution in [0.25, 0.3) is 0 Å². The number of hydrogen-bond acceptors (Lipinski definition) is 3. The van der Waals surface area contributed by atoms with Crippen LogP contribution in [0.4, 0.5) is 5.69 Å². The van der Waals surface area contributed by atoms with Gasteiger partial charge in [0.25, 0.3) is 0 Å². The van der Waals surface area contributed by atoms with E-state index in [1.807, 2.05) is 0 Å². The zero-order valence-corrected chi connectivity index (χ0v) is 11.0. The van der Waals surface area contributed by atoms with Gasteiger partial charge >= 0.3 is 0 Å². The van der Waals surface area contributed by atoms with Gasteiger partial charge in [0.05, 0.1) is 12.8 Å². The summed E-state index contributed by atoms with van der Waals surface area (Å²) in [6.07, 6.45) is 2.55. The van der Waals surface area contributed by atoms with E-state index >= 15 is 0 Å². The predicted molar refractivity (Wildman–Crippen MR) is 72.0 cm³/mol. The Morgan fingerprint density at radius 2 is 2.24 bits per heavy atom. The van der Waals surface area contributed by atoms with E-state index < -0.39 is 0 Å². The van der Waals surface area contributed by atoms with Crippen molar-refractivity contribution in [2.24, 2.45) is 0 Å². The van der Waals surface area contributed by atoms with Crippen molar-refractivity contribution in [1.29, 1.82) is 0 Å². The Morgan fingerprint density at radius 3 is 2.88 bits per heavy atom. The first-order chi connectivity index (χ1) is 8.20. The summed E-state index contributed by atoms with van der Waals surface area (Å²) in [5.74, 6) is 0.945. The van der Waals surface area contributed by atoms with Crippen molar-refractivity contribution in [3.05, 3.63) is 23.3 Å². The molecular weight excluding hydrogens is 212 g/mol. The molecule has 2 N–H and O–H groups in total. The Hall–Kier alpha value is -1.22. The summed E-state index contributed by atoms with van der Waals surface area (Å²) in [5.41, 5.74) is 3.62. The molecule has 0 amide bonds. The molecule has 1 aromatic carbocycles. The molecule has 1 aromatic rings. The molecular formula is C14H22N2O. The molecule has 3 heteroatoms. The molecule has 1 heterocycles. The highest BCUT2D eigenvalue weighted by Gasteiger charge is 2.15. The van der Waals surface area contributed by atoms with Crippen molar-refractivity contribution in [1.82, 2.24) is 5.32 Å². The molecule has 0 saturated carbocycles. The molecule has 3 nitrogen and oxygen atoms in total. The van der Waals surface area contributed by atoms with Crippen molar-refractivity contribution in [3.8, 4) is 5.75 Å². The summed E-state index contributed by atoms with van der Waals surface area (Å²) in [4.78, 5) is 0. The molecule has 94 valence electrons. The van der Waals surface area contributed by atoms with Gasteiger partial charge in [-0.2, -0.15) is 0 Å². The van der Waals surface area contributed by atoms with E-state index in [9.17, 15) is 0 Å². The SMILES string of the molecule is COc1cc(C)cc(C)c1NCC1CCCN1. The molecule has 0 radical (unpaired) electrons. The molecule has 2 rings (SSSR count). The molecule has 0 spiro atoms. The van der Waals surface area contributed by atoms with Crippen LogP contribution in [-0.2, 0) is 0 Å². The van der Waals surface area contributed by atoms with E-state index in [4.69, 9.17) is 4.74 Å². The number of methoxy groups -OCH3 is 1. The average molecular weight is 234 g/mol. The molecule has 0 bridgehead atoms. The van der Waals surface area contributed by atoms with E-state index in [1.165, 1.54) is 24.0 Å². The monoisotopic (exact) mass is 234 g/mol. The Kier molecular flexibility index (Phi) is 3.89. The van der Waals surface area contributed by atoms with Gasteiger partial charge in [-0.1, -0.05) is 6.07 Å². The zero-order chi connectivity index (χ0) is 12.3. The maximum atomic E-state index is 5.44. The van der Waals surface area contributed by atoms with Gasteiger partial charge in [0, 0.05) is 12.6 Å². The van der Waals surface area contributed by atoms with Gasteiger partial charge in [-0.3, -0.25) is 0 Å². The first-order valence-corrected chi connectivity index (χ1v) is 6.33. The Bertz CT molecular complexity index is 384. The summed E-state index contributed by atoms with van der Waals surface area (Å²) in [7, 11) is 1.73. The molecule has 1 unspecified atom stereocenters. The number of rotatable bonds is 4. The standard InChI is InChI=1S/C14H22N2O/c1-10-7-11(2)14(13(8-10)17-3)16-9-12-5-4-6-15-12/h7-8,12,15-16H,4-6,9H2,1-3H3. The normalized spacial score (nSPS) is 19.4. The Labute approximate surface area is 104 Å². The summed E-state index contributed by atoms with van der Waals surface area (Å²) < 4.78 is 5.44. The molecule has 1 aliphatic rings. The molecule has 0 aromatic heterocycles. The van der Waals surface area contributed by atoms with E-state index in [0.717, 1.165) is 24.5 Å². The zero-order valence-electron chi connectivity index (χ0n) is 11.0. The average Bonchev–Trinajstić information content (AvgIpc) is 2.79. The maximum absolute atomic E-state index is 5.44. The third-order valence-corrected chi connectivity index (χ3v) is 3.35. The second-order valence-corrected chi connectivity index (χ2v) is 4.83. The minimum absolute atomic E-state index is 0.598. The van der Waals surface area contributed by atoms with Crippen LogP contribution in [0.3, 0.4) is 0 Å². The third kappa shape index (κ3) is 2.91. The Balaban J connectivity index is 2.08. The van der Waals surface area contributed by atoms with Gasteiger partial charge in [-0.25, -0.2) is 0 Å². The van der Waals surface area contributed by atoms with Crippen molar-refractivity contribution in [2.75, 3.05) is 25.5 Å². The molecule has 0 aliphatic carbocycles. The van der Waals surface area contributed by atoms with Crippen LogP contribution in [0.15, 0.2) is 12.1 Å². The summed E-state index contributed by atoms with van der Waals surface area (Å²) in [6, 6.07) is 4.87. The third-order valence-electron chi connectivity index (χ3n) is 3.35. The van der Waals surface area contributed by atoms with Crippen LogP contribution >= 0.6 is 0 Å². The van der Waals surface area contributed by atoms with Crippen molar-refractivity contribution in [2.45, 2.75) is 32.7 Å². The summed E-state index contributed by atoms with van der Waals surface area (Å²) in [6.45, 7) is 6.34. The number of nitrogens with one attached hydrogen (secondary N) is 2. The smallest absolute Gasteiger partial charge is 0.142 e. The van der Waals surface area contributed by atoms with E-state index in [2.05, 4.69) is 36.6 Å². The van der Waals surface area contributed by atoms with Gasteiger partial charge < -0.3 is 15.4 Å². The maximum Gasteiger partial charge on any atom is 0.142 e. The number of hydrogen-bond donors (Lipinski definition) is 2. The fraction of sp³-hybridized carbons (Fsp3) is 0.571. The minimum atomic E-state index is 0.598. The topological polar surface area (TPSA) is 33.3 Å². The highest BCUT2D eigenvalue weighted by atomic mass is 16.5. The van der Waals surface area contributed by atoms with Crippen molar-refractivity contribution >= 4 is 5.69 Å². The van der Waals surface area contributed by atoms with Gasteiger partial charge in [-0.05, 0) is 50.4 Å². The molecule has 17 heavy (non-hydrogen) atoms. The molecule has 1 atom stereocenters. The summed E-state index contributed by atoms with van der Waals surface area (Å²) >= 11 is 0. The lowest BCUT2D eigenvalue weighted by Gasteiger charge is -2.17. The van der Waals surface area contributed by atoms with Crippen LogP contribution in [-0.4, -0.2) is 26.2 Å². The first kappa shape index (κ1) is 12.2. The largest absolute Gasteiger partial charge is 0.495 e. The van der Waals surface area contributed by atoms with E-state index in [0.29, 0.717) is 6.04 Å². The second-order valence-electron chi connectivity index (χ2n) is 4.83. The lowest BCUT2D eigenvalue weighted by molar-refractivity contribution is 0.415. The van der Waals surface area contributed by atoms with Crippen LogP contribution < -0.4 is 15.4 Å².